The Morgan fingerprint density at radius 1 is 0.881 bits per heavy atom. The van der Waals surface area contributed by atoms with Crippen molar-refractivity contribution in [3.63, 3.8) is 0 Å². The van der Waals surface area contributed by atoms with E-state index in [-0.39, 0.29) is 28.7 Å². The zero-order valence-electron chi connectivity index (χ0n) is 24.3. The van der Waals surface area contributed by atoms with Crippen LogP contribution in [0.3, 0.4) is 0 Å². The van der Waals surface area contributed by atoms with Crippen LogP contribution in [0.1, 0.15) is 53.0 Å². The van der Waals surface area contributed by atoms with Gasteiger partial charge in [-0.25, -0.2) is 0 Å². The third-order valence-corrected chi connectivity index (χ3v) is 5.58. The van der Waals surface area contributed by atoms with Crippen molar-refractivity contribution in [2.45, 2.75) is 52.4 Å². The second-order valence-electron chi connectivity index (χ2n) is 8.84. The van der Waals surface area contributed by atoms with Gasteiger partial charge in [0.15, 0.2) is 11.4 Å². The number of nitrogens with zero attached hydrogens (tertiary/aromatic N) is 4. The Balaban J connectivity index is 0.00000281. The molecule has 0 N–H and O–H groups in total. The van der Waals surface area contributed by atoms with E-state index in [1.165, 1.54) is 33.2 Å². The second kappa shape index (κ2) is 19.3. The van der Waals surface area contributed by atoms with E-state index in [0.717, 1.165) is 35.2 Å². The van der Waals surface area contributed by atoms with Gasteiger partial charge >= 0.3 is 0 Å². The smallest absolute Gasteiger partial charge is 0.271 e. The summed E-state index contributed by atoms with van der Waals surface area (Å²) in [6, 6.07) is 7.28. The molecule has 2 rings (SSSR count). The predicted molar refractivity (Wildman–Crippen MR) is 170 cm³/mol. The van der Waals surface area contributed by atoms with Crippen molar-refractivity contribution in [1.82, 2.24) is 0 Å². The molecule has 2 atom stereocenters. The van der Waals surface area contributed by atoms with Gasteiger partial charge in [0.1, 0.15) is 6.29 Å². The lowest BCUT2D eigenvalue weighted by atomic mass is 10.1. The Labute approximate surface area is 252 Å². The molecule has 0 spiro atoms. The Kier molecular flexibility index (Phi) is 16.2. The van der Waals surface area contributed by atoms with Crippen molar-refractivity contribution < 1.29 is 14.6 Å². The number of benzene rings is 1. The van der Waals surface area contributed by atoms with E-state index in [2.05, 4.69) is 58.4 Å². The molecule has 0 amide bonds. The highest BCUT2D eigenvalue weighted by Gasteiger charge is 2.24. The first-order valence-corrected chi connectivity index (χ1v) is 13.5. The molecule has 1 aliphatic rings. The molecule has 0 fully saturated rings. The number of nitro groups is 2. The largest absolute Gasteiger partial charge is 0.304 e. The second-order valence-corrected chi connectivity index (χ2v) is 9.36. The van der Waals surface area contributed by atoms with Crippen LogP contribution >= 0.6 is 12.6 Å². The number of hydrogen-bond acceptors (Lipinski definition) is 8. The molecule has 0 saturated carbocycles. The summed E-state index contributed by atoms with van der Waals surface area (Å²) in [7, 11) is 0. The zero-order chi connectivity index (χ0) is 31.5. The van der Waals surface area contributed by atoms with E-state index < -0.39 is 15.8 Å². The molecule has 9 nitrogen and oxygen atoms in total. The van der Waals surface area contributed by atoms with Crippen molar-refractivity contribution in [3.8, 4) is 23.7 Å². The molecular weight excluding hydrogens is 552 g/mol. The van der Waals surface area contributed by atoms with Crippen LogP contribution in [-0.2, 0) is 4.79 Å². The molecule has 1 aromatic carbocycles. The third kappa shape index (κ3) is 13.5. The molecule has 2 unspecified atom stereocenters. The van der Waals surface area contributed by atoms with Gasteiger partial charge in [-0.3, -0.25) is 30.2 Å². The number of carbonyl (C=O) groups excluding carboxylic acids is 1. The van der Waals surface area contributed by atoms with E-state index in [4.69, 9.17) is 4.79 Å². The fraction of sp³-hybridized carbons (Fsp3) is 0.281. The molecule has 0 aromatic heterocycles. The van der Waals surface area contributed by atoms with Gasteiger partial charge in [0, 0.05) is 42.3 Å². The normalized spacial score (nSPS) is 17.1. The van der Waals surface area contributed by atoms with E-state index in [0.29, 0.717) is 0 Å². The van der Waals surface area contributed by atoms with Crippen LogP contribution in [0.15, 0.2) is 97.9 Å². The molecule has 0 aliphatic heterocycles. The molecule has 0 heterocycles. The number of hydrogen-bond donors (Lipinski definition) is 1. The Bertz CT molecular complexity index is 1470. The van der Waals surface area contributed by atoms with Gasteiger partial charge in [-0.15, -0.1) is 12.6 Å². The fourth-order valence-corrected chi connectivity index (χ4v) is 3.18. The van der Waals surface area contributed by atoms with Crippen LogP contribution in [0.4, 0.5) is 0 Å². The highest BCUT2D eigenvalue weighted by atomic mass is 32.1. The SMILES string of the molecule is C/C(=C(N=CC(C)C#CC1=C/CC=CC/C=C\1)/C(N=CC(C)C#Cc1ccc(S)cc1)=C(/C)[N+](=O)[O-])[N+](=O)[O-].CC=O. The van der Waals surface area contributed by atoms with Gasteiger partial charge in [-0.05, 0) is 57.9 Å². The quantitative estimate of drug-likeness (QED) is 0.0549. The van der Waals surface area contributed by atoms with Crippen LogP contribution in [0.25, 0.3) is 0 Å². The van der Waals surface area contributed by atoms with Crippen LogP contribution in [-0.4, -0.2) is 28.6 Å². The standard InChI is InChI=1S/C30H30N4O4S.C2H4O/c1-22(12-14-26-10-8-6-5-7-9-11-26)20-31-29(24(3)33(35)36)30(25(4)34(37)38)32-21-23(2)13-15-27-16-18-28(39)19-17-27;1-2-3/h5-6,9-11,16-23,39H,7-8H2,1-4H3;2H,1H3/b6-5?,11-9-,26-10+,29-24+,30-25+,31-20?,32-21?;. The number of allylic oxidation sites excluding steroid dienone is 8. The Morgan fingerprint density at radius 2 is 1.36 bits per heavy atom. The number of thiol groups is 1. The Morgan fingerprint density at radius 3 is 1.86 bits per heavy atom. The summed E-state index contributed by atoms with van der Waals surface area (Å²) in [6.07, 6.45) is 15.3. The summed E-state index contributed by atoms with van der Waals surface area (Å²) < 4.78 is 0. The fourth-order valence-electron chi connectivity index (χ4n) is 3.03. The lowest BCUT2D eigenvalue weighted by Gasteiger charge is -2.05. The van der Waals surface area contributed by atoms with Crippen molar-refractivity contribution >= 4 is 31.3 Å². The first kappa shape index (κ1) is 35.2. The predicted octanol–water partition coefficient (Wildman–Crippen LogP) is 6.80. The first-order valence-electron chi connectivity index (χ1n) is 13.0. The maximum atomic E-state index is 11.6. The van der Waals surface area contributed by atoms with E-state index in [1.807, 2.05) is 42.5 Å². The van der Waals surface area contributed by atoms with E-state index in [1.54, 1.807) is 13.8 Å². The summed E-state index contributed by atoms with van der Waals surface area (Å²) in [4.78, 5) is 40.1. The highest BCUT2D eigenvalue weighted by Crippen LogP contribution is 2.23. The third-order valence-electron chi connectivity index (χ3n) is 5.28. The minimum Gasteiger partial charge on any atom is -0.304 e. The summed E-state index contributed by atoms with van der Waals surface area (Å²) in [6.45, 7) is 7.46. The van der Waals surface area contributed by atoms with Gasteiger partial charge in [-0.1, -0.05) is 54.1 Å². The maximum absolute atomic E-state index is 11.6. The molecule has 218 valence electrons. The Hall–Kier alpha value is -4.80. The van der Waals surface area contributed by atoms with Gasteiger partial charge < -0.3 is 4.79 Å². The number of carbonyl (C=O) groups is 1. The number of aldehydes is 1. The van der Waals surface area contributed by atoms with Crippen molar-refractivity contribution in [2.75, 3.05) is 0 Å². The topological polar surface area (TPSA) is 128 Å². The monoisotopic (exact) mass is 586 g/mol. The number of rotatable bonds is 7. The average Bonchev–Trinajstić information content (AvgIpc) is 2.93. The zero-order valence-corrected chi connectivity index (χ0v) is 25.2. The van der Waals surface area contributed by atoms with Gasteiger partial charge in [-0.2, -0.15) is 0 Å². The average molecular weight is 587 g/mol. The molecule has 0 saturated heterocycles. The van der Waals surface area contributed by atoms with Gasteiger partial charge in [0.05, 0.1) is 21.7 Å². The van der Waals surface area contributed by atoms with Crippen LogP contribution in [0.2, 0.25) is 0 Å². The molecule has 0 bridgehead atoms. The maximum Gasteiger partial charge on any atom is 0.271 e. The minimum absolute atomic E-state index is 0.209. The highest BCUT2D eigenvalue weighted by molar-refractivity contribution is 7.80. The minimum atomic E-state index is -0.643. The van der Waals surface area contributed by atoms with Crippen molar-refractivity contribution in [1.29, 1.82) is 0 Å². The molecule has 1 aromatic rings. The summed E-state index contributed by atoms with van der Waals surface area (Å²) >= 11 is 4.25. The van der Waals surface area contributed by atoms with E-state index >= 15 is 0 Å². The van der Waals surface area contributed by atoms with Crippen LogP contribution in [0, 0.1) is 55.7 Å². The van der Waals surface area contributed by atoms with Gasteiger partial charge in [0.2, 0.25) is 0 Å². The lowest BCUT2D eigenvalue weighted by molar-refractivity contribution is -0.428. The summed E-state index contributed by atoms with van der Waals surface area (Å²) in [5.41, 5.74) is 0.471. The van der Waals surface area contributed by atoms with Crippen LogP contribution < -0.4 is 0 Å². The van der Waals surface area contributed by atoms with Crippen molar-refractivity contribution in [3.05, 3.63) is 109 Å². The van der Waals surface area contributed by atoms with E-state index in [9.17, 15) is 20.2 Å². The molecule has 42 heavy (non-hydrogen) atoms. The summed E-state index contributed by atoms with van der Waals surface area (Å²) in [5.74, 6) is 11.4. The molecule has 0 radical (unpaired) electrons. The molecular formula is C32H34N4O5S. The lowest BCUT2D eigenvalue weighted by Crippen LogP contribution is -2.07. The summed E-state index contributed by atoms with van der Waals surface area (Å²) in [5, 5.41) is 23.3. The molecule has 10 heteroatoms. The van der Waals surface area contributed by atoms with Crippen LogP contribution in [0.5, 0.6) is 0 Å². The van der Waals surface area contributed by atoms with Crippen molar-refractivity contribution in [2.24, 2.45) is 21.8 Å². The number of aliphatic imine (C=N–C) groups is 2. The van der Waals surface area contributed by atoms with Gasteiger partial charge in [0.25, 0.3) is 11.4 Å². The molecule has 1 aliphatic carbocycles. The first-order chi connectivity index (χ1) is 20.0.